The first-order valence-corrected chi connectivity index (χ1v) is 5.93. The van der Waals surface area contributed by atoms with Crippen molar-refractivity contribution in [1.29, 1.82) is 0 Å². The van der Waals surface area contributed by atoms with Gasteiger partial charge in [0.15, 0.2) is 5.78 Å². The van der Waals surface area contributed by atoms with Crippen LogP contribution in [0.25, 0.3) is 10.9 Å². The molecule has 96 valence electrons. The normalized spacial score (nSPS) is 11.4. The SMILES string of the molecule is CC(=O)c1cn(CCN(C)C)c2ccc(F)cc12. The number of Topliss-reactive ketones (excluding diaryl/α,β-unsaturated/α-hetero) is 1. The first-order valence-electron chi connectivity index (χ1n) is 5.93. The van der Waals surface area contributed by atoms with Crippen molar-refractivity contribution in [3.63, 3.8) is 0 Å². The van der Waals surface area contributed by atoms with Crippen LogP contribution in [0.3, 0.4) is 0 Å². The molecule has 0 fully saturated rings. The summed E-state index contributed by atoms with van der Waals surface area (Å²) in [6.07, 6.45) is 1.82. The van der Waals surface area contributed by atoms with Crippen LogP contribution in [0, 0.1) is 5.82 Å². The number of ketones is 1. The van der Waals surface area contributed by atoms with Gasteiger partial charge in [-0.3, -0.25) is 4.79 Å². The summed E-state index contributed by atoms with van der Waals surface area (Å²) in [5.74, 6) is -0.343. The Hall–Kier alpha value is -1.68. The Balaban J connectivity index is 2.50. The Kier molecular flexibility index (Phi) is 3.48. The predicted molar refractivity (Wildman–Crippen MR) is 70.5 cm³/mol. The van der Waals surface area contributed by atoms with Crippen LogP contribution in [0.15, 0.2) is 24.4 Å². The van der Waals surface area contributed by atoms with Gasteiger partial charge in [0.05, 0.1) is 0 Å². The second-order valence-electron chi connectivity index (χ2n) is 4.76. The molecule has 2 aromatic rings. The van der Waals surface area contributed by atoms with Crippen LogP contribution >= 0.6 is 0 Å². The highest BCUT2D eigenvalue weighted by atomic mass is 19.1. The number of carbonyl (C=O) groups is 1. The lowest BCUT2D eigenvalue weighted by molar-refractivity contribution is 0.101. The third kappa shape index (κ3) is 2.43. The second kappa shape index (κ2) is 4.90. The van der Waals surface area contributed by atoms with E-state index in [-0.39, 0.29) is 11.6 Å². The molecule has 0 saturated heterocycles. The van der Waals surface area contributed by atoms with Crippen molar-refractivity contribution >= 4 is 16.7 Å². The van der Waals surface area contributed by atoms with Crippen molar-refractivity contribution < 1.29 is 9.18 Å². The highest BCUT2D eigenvalue weighted by Crippen LogP contribution is 2.23. The van der Waals surface area contributed by atoms with Crippen molar-refractivity contribution in [3.05, 3.63) is 35.8 Å². The minimum absolute atomic E-state index is 0.0331. The lowest BCUT2D eigenvalue weighted by Gasteiger charge is -2.10. The number of hydrogen-bond acceptors (Lipinski definition) is 2. The molecule has 1 aromatic heterocycles. The molecule has 0 N–H and O–H groups in total. The van der Waals surface area contributed by atoms with E-state index in [0.717, 1.165) is 18.6 Å². The van der Waals surface area contributed by atoms with Crippen LogP contribution in [0.4, 0.5) is 4.39 Å². The lowest BCUT2D eigenvalue weighted by atomic mass is 10.1. The molecule has 0 saturated carbocycles. The maximum absolute atomic E-state index is 13.3. The summed E-state index contributed by atoms with van der Waals surface area (Å²) >= 11 is 0. The van der Waals surface area contributed by atoms with Crippen molar-refractivity contribution in [3.8, 4) is 0 Å². The van der Waals surface area contributed by atoms with E-state index in [0.29, 0.717) is 10.9 Å². The third-order valence-electron chi connectivity index (χ3n) is 3.01. The van der Waals surface area contributed by atoms with Gasteiger partial charge in [0, 0.05) is 35.8 Å². The summed E-state index contributed by atoms with van der Waals surface area (Å²) in [5, 5.41) is 0.696. The van der Waals surface area contributed by atoms with Gasteiger partial charge in [0.1, 0.15) is 5.82 Å². The number of likely N-dealkylation sites (N-methyl/N-ethyl adjacent to an activating group) is 1. The zero-order chi connectivity index (χ0) is 13.3. The summed E-state index contributed by atoms with van der Waals surface area (Å²) in [4.78, 5) is 13.6. The number of fused-ring (bicyclic) bond motifs is 1. The van der Waals surface area contributed by atoms with Gasteiger partial charge >= 0.3 is 0 Å². The summed E-state index contributed by atoms with van der Waals surface area (Å²) < 4.78 is 15.3. The quantitative estimate of drug-likeness (QED) is 0.777. The van der Waals surface area contributed by atoms with E-state index in [4.69, 9.17) is 0 Å². The van der Waals surface area contributed by atoms with Gasteiger partial charge in [0.2, 0.25) is 0 Å². The van der Waals surface area contributed by atoms with Gasteiger partial charge in [0.25, 0.3) is 0 Å². The van der Waals surface area contributed by atoms with Gasteiger partial charge in [-0.05, 0) is 39.2 Å². The highest BCUT2D eigenvalue weighted by molar-refractivity contribution is 6.06. The van der Waals surface area contributed by atoms with Crippen LogP contribution in [0.2, 0.25) is 0 Å². The van der Waals surface area contributed by atoms with Crippen LogP contribution in [-0.2, 0) is 6.54 Å². The van der Waals surface area contributed by atoms with Crippen molar-refractivity contribution in [2.45, 2.75) is 13.5 Å². The molecule has 0 spiro atoms. The fraction of sp³-hybridized carbons (Fsp3) is 0.357. The number of aromatic nitrogens is 1. The second-order valence-corrected chi connectivity index (χ2v) is 4.76. The number of carbonyl (C=O) groups excluding carboxylic acids is 1. The summed E-state index contributed by atoms with van der Waals surface area (Å²) in [7, 11) is 3.99. The minimum Gasteiger partial charge on any atom is -0.345 e. The van der Waals surface area contributed by atoms with Crippen molar-refractivity contribution in [2.75, 3.05) is 20.6 Å². The maximum Gasteiger partial charge on any atom is 0.161 e. The smallest absolute Gasteiger partial charge is 0.161 e. The molecule has 0 unspecified atom stereocenters. The molecule has 4 heteroatoms. The molecule has 1 aromatic carbocycles. The number of halogens is 1. The highest BCUT2D eigenvalue weighted by Gasteiger charge is 2.12. The molecule has 0 bridgehead atoms. The number of hydrogen-bond donors (Lipinski definition) is 0. The van der Waals surface area contributed by atoms with E-state index in [1.54, 1.807) is 6.07 Å². The Bertz CT molecular complexity index is 587. The predicted octanol–water partition coefficient (Wildman–Crippen LogP) is 2.54. The Labute approximate surface area is 106 Å². The van der Waals surface area contributed by atoms with Gasteiger partial charge in [-0.2, -0.15) is 0 Å². The van der Waals surface area contributed by atoms with Gasteiger partial charge in [-0.15, -0.1) is 0 Å². The topological polar surface area (TPSA) is 25.2 Å². The van der Waals surface area contributed by atoms with Gasteiger partial charge < -0.3 is 9.47 Å². The summed E-state index contributed by atoms with van der Waals surface area (Å²) in [6, 6.07) is 4.59. The maximum atomic E-state index is 13.3. The van der Waals surface area contributed by atoms with Crippen molar-refractivity contribution in [1.82, 2.24) is 9.47 Å². The zero-order valence-corrected chi connectivity index (χ0v) is 10.9. The fourth-order valence-corrected chi connectivity index (χ4v) is 2.04. The zero-order valence-electron chi connectivity index (χ0n) is 10.9. The molecule has 0 aliphatic carbocycles. The molecular formula is C14H17FN2O. The monoisotopic (exact) mass is 248 g/mol. The van der Waals surface area contributed by atoms with Crippen LogP contribution < -0.4 is 0 Å². The van der Waals surface area contributed by atoms with E-state index >= 15 is 0 Å². The van der Waals surface area contributed by atoms with Crippen LogP contribution in [0.1, 0.15) is 17.3 Å². The number of nitrogens with zero attached hydrogens (tertiary/aromatic N) is 2. The molecule has 0 aliphatic rings. The minimum atomic E-state index is -0.310. The Morgan fingerprint density at radius 2 is 2.11 bits per heavy atom. The molecule has 0 aliphatic heterocycles. The summed E-state index contributed by atoms with van der Waals surface area (Å²) in [6.45, 7) is 3.16. The van der Waals surface area contributed by atoms with Gasteiger partial charge in [-0.25, -0.2) is 4.39 Å². The Morgan fingerprint density at radius 1 is 1.39 bits per heavy atom. The average molecular weight is 248 g/mol. The fourth-order valence-electron chi connectivity index (χ4n) is 2.04. The van der Waals surface area contributed by atoms with E-state index in [9.17, 15) is 9.18 Å². The third-order valence-corrected chi connectivity index (χ3v) is 3.01. The van der Waals surface area contributed by atoms with Crippen molar-refractivity contribution in [2.24, 2.45) is 0 Å². The summed E-state index contributed by atoms with van der Waals surface area (Å²) in [5.41, 5.74) is 1.49. The molecule has 3 nitrogen and oxygen atoms in total. The molecule has 2 rings (SSSR count). The molecule has 0 amide bonds. The number of benzene rings is 1. The first-order chi connectivity index (χ1) is 8.49. The molecule has 18 heavy (non-hydrogen) atoms. The standard InChI is InChI=1S/C14H17FN2O/c1-10(18)13-9-17(7-6-16(2)3)14-5-4-11(15)8-12(13)14/h4-5,8-9H,6-7H2,1-3H3. The lowest BCUT2D eigenvalue weighted by Crippen LogP contribution is -2.17. The van der Waals surface area contributed by atoms with E-state index in [1.165, 1.54) is 19.1 Å². The molecule has 0 atom stereocenters. The first kappa shape index (κ1) is 12.8. The van der Waals surface area contributed by atoms with E-state index in [1.807, 2.05) is 24.9 Å². The van der Waals surface area contributed by atoms with Gasteiger partial charge in [-0.1, -0.05) is 0 Å². The van der Waals surface area contributed by atoms with E-state index < -0.39 is 0 Å². The van der Waals surface area contributed by atoms with Crippen LogP contribution in [0.5, 0.6) is 0 Å². The Morgan fingerprint density at radius 3 is 2.72 bits per heavy atom. The molecule has 1 heterocycles. The number of rotatable bonds is 4. The average Bonchev–Trinajstić information content (AvgIpc) is 2.64. The molecular weight excluding hydrogens is 231 g/mol. The van der Waals surface area contributed by atoms with E-state index in [2.05, 4.69) is 4.90 Å². The largest absolute Gasteiger partial charge is 0.345 e. The molecule has 0 radical (unpaired) electrons. The van der Waals surface area contributed by atoms with Crippen LogP contribution in [-0.4, -0.2) is 35.9 Å².